The number of nitrogens with one attached hydrogen (secondary N) is 1. The Morgan fingerprint density at radius 1 is 1.33 bits per heavy atom. The number of hydrogen-bond acceptors (Lipinski definition) is 2. The molecule has 1 aliphatic rings. The van der Waals surface area contributed by atoms with Gasteiger partial charge in [0.25, 0.3) is 0 Å². The third kappa shape index (κ3) is 5.61. The first-order chi connectivity index (χ1) is 10.3. The van der Waals surface area contributed by atoms with Crippen LogP contribution in [0, 0.1) is 17.8 Å². The summed E-state index contributed by atoms with van der Waals surface area (Å²) in [6.45, 7) is 0.644. The van der Waals surface area contributed by atoms with Gasteiger partial charge in [0.2, 0.25) is 5.91 Å². The largest absolute Gasteiger partial charge is 0.395 e. The van der Waals surface area contributed by atoms with E-state index >= 15 is 0 Å². The van der Waals surface area contributed by atoms with E-state index in [0.717, 1.165) is 11.1 Å². The lowest BCUT2D eigenvalue weighted by atomic mass is 10.0. The van der Waals surface area contributed by atoms with Crippen molar-refractivity contribution in [2.75, 3.05) is 6.61 Å². The molecule has 112 valence electrons. The quantitative estimate of drug-likeness (QED) is 0.817. The summed E-state index contributed by atoms with van der Waals surface area (Å²) in [6.07, 6.45) is 6.09. The molecule has 0 radical (unpaired) electrons. The lowest BCUT2D eigenvalue weighted by Crippen LogP contribution is -2.24. The van der Waals surface area contributed by atoms with Gasteiger partial charge in [0.15, 0.2) is 0 Å². The second kappa shape index (κ2) is 8.49. The van der Waals surface area contributed by atoms with Gasteiger partial charge in [0, 0.05) is 24.9 Å². The van der Waals surface area contributed by atoms with Gasteiger partial charge >= 0.3 is 0 Å². The highest BCUT2D eigenvalue weighted by Crippen LogP contribution is 2.27. The molecule has 2 N–H and O–H groups in total. The Morgan fingerprint density at radius 3 is 2.90 bits per heavy atom. The molecule has 0 spiro atoms. The van der Waals surface area contributed by atoms with Crippen molar-refractivity contribution in [1.29, 1.82) is 0 Å². The van der Waals surface area contributed by atoms with Crippen LogP contribution < -0.4 is 5.32 Å². The molecule has 1 fully saturated rings. The van der Waals surface area contributed by atoms with E-state index in [-0.39, 0.29) is 12.5 Å². The Labute approximate surface area is 126 Å². The first-order valence-electron chi connectivity index (χ1n) is 7.73. The Morgan fingerprint density at radius 2 is 2.14 bits per heavy atom. The van der Waals surface area contributed by atoms with Gasteiger partial charge in [-0.1, -0.05) is 36.8 Å². The van der Waals surface area contributed by atoms with Gasteiger partial charge < -0.3 is 10.4 Å². The van der Waals surface area contributed by atoms with Crippen molar-refractivity contribution in [3.63, 3.8) is 0 Å². The van der Waals surface area contributed by atoms with Crippen molar-refractivity contribution in [1.82, 2.24) is 5.32 Å². The molecule has 1 saturated carbocycles. The smallest absolute Gasteiger partial charge is 0.220 e. The molecule has 0 atom stereocenters. The van der Waals surface area contributed by atoms with E-state index in [2.05, 4.69) is 17.2 Å². The summed E-state index contributed by atoms with van der Waals surface area (Å²) < 4.78 is 0. The van der Waals surface area contributed by atoms with Crippen LogP contribution in [-0.4, -0.2) is 17.6 Å². The molecular formula is C18H23NO2. The molecule has 2 rings (SSSR count). The zero-order valence-corrected chi connectivity index (χ0v) is 12.4. The molecule has 1 amide bonds. The third-order valence-corrected chi connectivity index (χ3v) is 3.84. The number of carbonyl (C=O) groups is 1. The molecule has 1 aromatic rings. The van der Waals surface area contributed by atoms with Crippen LogP contribution in [0.15, 0.2) is 24.3 Å². The van der Waals surface area contributed by atoms with Crippen LogP contribution in [-0.2, 0) is 11.3 Å². The van der Waals surface area contributed by atoms with Gasteiger partial charge in [0.05, 0.1) is 6.61 Å². The molecular weight excluding hydrogens is 262 g/mol. The van der Waals surface area contributed by atoms with E-state index in [1.807, 2.05) is 24.3 Å². The fourth-order valence-corrected chi connectivity index (χ4v) is 2.73. The highest BCUT2D eigenvalue weighted by atomic mass is 16.2. The summed E-state index contributed by atoms with van der Waals surface area (Å²) in [4.78, 5) is 11.9. The minimum atomic E-state index is 0.0872. The van der Waals surface area contributed by atoms with Crippen LogP contribution in [0.2, 0.25) is 0 Å². The van der Waals surface area contributed by atoms with Crippen LogP contribution in [0.5, 0.6) is 0 Å². The normalized spacial score (nSPS) is 14.5. The summed E-state index contributed by atoms with van der Waals surface area (Å²) in [7, 11) is 0. The van der Waals surface area contributed by atoms with E-state index in [4.69, 9.17) is 5.11 Å². The zero-order chi connectivity index (χ0) is 14.9. The summed E-state index contributed by atoms with van der Waals surface area (Å²) in [5, 5.41) is 11.7. The highest BCUT2D eigenvalue weighted by molar-refractivity contribution is 5.76. The average Bonchev–Trinajstić information content (AvgIpc) is 2.99. The number of aliphatic hydroxyl groups excluding tert-OH is 1. The van der Waals surface area contributed by atoms with Crippen LogP contribution >= 0.6 is 0 Å². The van der Waals surface area contributed by atoms with E-state index < -0.39 is 0 Å². The van der Waals surface area contributed by atoms with Gasteiger partial charge in [-0.05, 0) is 36.5 Å². The number of carbonyl (C=O) groups excluding carboxylic acids is 1. The summed E-state index contributed by atoms with van der Waals surface area (Å²) in [6, 6.07) is 7.86. The molecule has 3 heteroatoms. The molecule has 0 aliphatic heterocycles. The average molecular weight is 285 g/mol. The van der Waals surface area contributed by atoms with Crippen molar-refractivity contribution in [3.05, 3.63) is 35.4 Å². The highest BCUT2D eigenvalue weighted by Gasteiger charge is 2.17. The van der Waals surface area contributed by atoms with Crippen LogP contribution in [0.25, 0.3) is 0 Å². The molecule has 1 aromatic carbocycles. The van der Waals surface area contributed by atoms with Gasteiger partial charge in [0.1, 0.15) is 0 Å². The fourth-order valence-electron chi connectivity index (χ4n) is 2.73. The van der Waals surface area contributed by atoms with Gasteiger partial charge in [-0.3, -0.25) is 4.79 Å². The number of hydrogen-bond donors (Lipinski definition) is 2. The first kappa shape index (κ1) is 15.6. The van der Waals surface area contributed by atoms with E-state index in [9.17, 15) is 4.79 Å². The van der Waals surface area contributed by atoms with Crippen LogP contribution in [0.1, 0.15) is 49.7 Å². The SMILES string of the molecule is O=C(CC1CCCC1)NCc1cccc(C#CCCO)c1. The molecule has 3 nitrogen and oxygen atoms in total. The molecule has 0 bridgehead atoms. The Balaban J connectivity index is 1.81. The standard InChI is InChI=1S/C18H23NO2/c20-11-4-3-8-15-9-5-10-17(12-15)14-19-18(21)13-16-6-1-2-7-16/h5,9-10,12,16,20H,1-2,4,6-7,11,13-14H2,(H,19,21). The first-order valence-corrected chi connectivity index (χ1v) is 7.73. The Hall–Kier alpha value is -1.79. The maximum absolute atomic E-state index is 11.9. The zero-order valence-electron chi connectivity index (χ0n) is 12.4. The van der Waals surface area contributed by atoms with E-state index in [0.29, 0.717) is 25.3 Å². The Kier molecular flexibility index (Phi) is 6.30. The minimum absolute atomic E-state index is 0.0872. The van der Waals surface area contributed by atoms with Crippen LogP contribution in [0.3, 0.4) is 0 Å². The van der Waals surface area contributed by atoms with Crippen molar-refractivity contribution in [2.24, 2.45) is 5.92 Å². The van der Waals surface area contributed by atoms with Crippen molar-refractivity contribution in [3.8, 4) is 11.8 Å². The van der Waals surface area contributed by atoms with Crippen molar-refractivity contribution < 1.29 is 9.90 Å². The number of amides is 1. The molecule has 0 unspecified atom stereocenters. The predicted molar refractivity (Wildman–Crippen MR) is 83.4 cm³/mol. The minimum Gasteiger partial charge on any atom is -0.395 e. The number of aliphatic hydroxyl groups is 1. The summed E-state index contributed by atoms with van der Waals surface area (Å²) >= 11 is 0. The summed E-state index contributed by atoms with van der Waals surface area (Å²) in [5.74, 6) is 6.65. The number of rotatable bonds is 5. The molecule has 21 heavy (non-hydrogen) atoms. The monoisotopic (exact) mass is 285 g/mol. The van der Waals surface area contributed by atoms with Crippen molar-refractivity contribution >= 4 is 5.91 Å². The lowest BCUT2D eigenvalue weighted by molar-refractivity contribution is -0.122. The van der Waals surface area contributed by atoms with Gasteiger partial charge in [-0.2, -0.15) is 0 Å². The number of benzene rings is 1. The molecule has 0 saturated heterocycles. The predicted octanol–water partition coefficient (Wildman–Crippen LogP) is 2.62. The van der Waals surface area contributed by atoms with E-state index in [1.165, 1.54) is 25.7 Å². The van der Waals surface area contributed by atoms with Gasteiger partial charge in [-0.25, -0.2) is 0 Å². The summed E-state index contributed by atoms with van der Waals surface area (Å²) in [5.41, 5.74) is 1.98. The second-order valence-electron chi connectivity index (χ2n) is 5.61. The Bertz CT molecular complexity index is 522. The second-order valence-corrected chi connectivity index (χ2v) is 5.61. The molecule has 0 heterocycles. The maximum atomic E-state index is 11.9. The van der Waals surface area contributed by atoms with E-state index in [1.54, 1.807) is 0 Å². The fraction of sp³-hybridized carbons (Fsp3) is 0.500. The topological polar surface area (TPSA) is 49.3 Å². The molecule has 0 aromatic heterocycles. The maximum Gasteiger partial charge on any atom is 0.220 e. The van der Waals surface area contributed by atoms with Crippen molar-refractivity contribution in [2.45, 2.75) is 45.1 Å². The lowest BCUT2D eigenvalue weighted by Gasteiger charge is -2.09. The van der Waals surface area contributed by atoms with Gasteiger partial charge in [-0.15, -0.1) is 0 Å². The third-order valence-electron chi connectivity index (χ3n) is 3.84. The molecule has 1 aliphatic carbocycles. The van der Waals surface area contributed by atoms with Crippen LogP contribution in [0.4, 0.5) is 0 Å².